The lowest BCUT2D eigenvalue weighted by molar-refractivity contribution is -0.122. The number of amides is 1. The van der Waals surface area contributed by atoms with Gasteiger partial charge in [0.15, 0.2) is 0 Å². The molecule has 116 valence electrons. The predicted octanol–water partition coefficient (Wildman–Crippen LogP) is 2.86. The van der Waals surface area contributed by atoms with Crippen molar-refractivity contribution >= 4 is 5.91 Å². The number of carbonyl (C=O) groups excluding carboxylic acids is 1. The fourth-order valence-corrected chi connectivity index (χ4v) is 2.97. The van der Waals surface area contributed by atoms with Gasteiger partial charge in [-0.3, -0.25) is 4.79 Å². The van der Waals surface area contributed by atoms with Crippen molar-refractivity contribution in [2.45, 2.75) is 52.0 Å². The van der Waals surface area contributed by atoms with Crippen molar-refractivity contribution in [3.05, 3.63) is 35.4 Å². The third-order valence-corrected chi connectivity index (χ3v) is 4.58. The second-order valence-electron chi connectivity index (χ2n) is 6.34. The van der Waals surface area contributed by atoms with E-state index in [1.54, 1.807) is 0 Å². The molecule has 1 saturated heterocycles. The second-order valence-corrected chi connectivity index (χ2v) is 6.34. The van der Waals surface area contributed by atoms with Crippen LogP contribution in [0.2, 0.25) is 0 Å². The molecule has 0 radical (unpaired) electrons. The van der Waals surface area contributed by atoms with Crippen molar-refractivity contribution in [2.75, 3.05) is 13.1 Å². The minimum Gasteiger partial charge on any atom is -0.353 e. The smallest absolute Gasteiger partial charge is 0.220 e. The van der Waals surface area contributed by atoms with Crippen LogP contribution in [0.4, 0.5) is 0 Å². The minimum atomic E-state index is 0.181. The highest BCUT2D eigenvalue weighted by atomic mass is 16.1. The molecule has 2 N–H and O–H groups in total. The summed E-state index contributed by atoms with van der Waals surface area (Å²) in [6, 6.07) is 8.97. The minimum absolute atomic E-state index is 0.181. The predicted molar refractivity (Wildman–Crippen MR) is 87.4 cm³/mol. The Morgan fingerprint density at radius 2 is 2.10 bits per heavy atom. The van der Waals surface area contributed by atoms with Gasteiger partial charge in [0.1, 0.15) is 0 Å². The molecule has 3 atom stereocenters. The van der Waals surface area contributed by atoms with Crippen LogP contribution in [0.1, 0.15) is 50.7 Å². The van der Waals surface area contributed by atoms with E-state index in [1.165, 1.54) is 11.1 Å². The van der Waals surface area contributed by atoms with Crippen molar-refractivity contribution in [3.8, 4) is 0 Å². The number of nitrogens with one attached hydrogen (secondary N) is 2. The summed E-state index contributed by atoms with van der Waals surface area (Å²) in [6.45, 7) is 8.49. The van der Waals surface area contributed by atoms with Gasteiger partial charge < -0.3 is 10.6 Å². The Bertz CT molecular complexity index is 455. The zero-order chi connectivity index (χ0) is 15.2. The quantitative estimate of drug-likeness (QED) is 0.875. The molecule has 21 heavy (non-hydrogen) atoms. The monoisotopic (exact) mass is 288 g/mol. The summed E-state index contributed by atoms with van der Waals surface area (Å²) in [6.07, 6.45) is 2.66. The molecular formula is C18H28N2O. The number of aryl methyl sites for hydroxylation is 1. The van der Waals surface area contributed by atoms with E-state index >= 15 is 0 Å². The third kappa shape index (κ3) is 4.57. The Kier molecular flexibility index (Phi) is 5.80. The Balaban J connectivity index is 1.86. The Labute approximate surface area is 128 Å². The molecule has 3 heteroatoms. The maximum Gasteiger partial charge on any atom is 0.220 e. The summed E-state index contributed by atoms with van der Waals surface area (Å²) in [4.78, 5) is 12.2. The van der Waals surface area contributed by atoms with E-state index in [9.17, 15) is 4.79 Å². The zero-order valence-electron chi connectivity index (χ0n) is 13.5. The lowest BCUT2D eigenvalue weighted by Crippen LogP contribution is -2.48. The molecule has 0 saturated carbocycles. The van der Waals surface area contributed by atoms with Crippen LogP contribution in [-0.2, 0) is 11.2 Å². The summed E-state index contributed by atoms with van der Waals surface area (Å²) in [7, 11) is 0. The van der Waals surface area contributed by atoms with E-state index < -0.39 is 0 Å². The van der Waals surface area contributed by atoms with E-state index in [4.69, 9.17) is 0 Å². The largest absolute Gasteiger partial charge is 0.353 e. The summed E-state index contributed by atoms with van der Waals surface area (Å²) < 4.78 is 0. The van der Waals surface area contributed by atoms with Crippen LogP contribution in [0.25, 0.3) is 0 Å². The van der Waals surface area contributed by atoms with Gasteiger partial charge in [-0.25, -0.2) is 0 Å². The molecule has 3 nitrogen and oxygen atoms in total. The van der Waals surface area contributed by atoms with Gasteiger partial charge in [0, 0.05) is 12.5 Å². The molecule has 1 aromatic carbocycles. The summed E-state index contributed by atoms with van der Waals surface area (Å²) in [5, 5.41) is 6.58. The van der Waals surface area contributed by atoms with E-state index in [2.05, 4.69) is 55.7 Å². The molecule has 2 rings (SSSR count). The van der Waals surface area contributed by atoms with Gasteiger partial charge >= 0.3 is 0 Å². The Morgan fingerprint density at radius 1 is 1.38 bits per heavy atom. The van der Waals surface area contributed by atoms with Crippen molar-refractivity contribution in [2.24, 2.45) is 5.92 Å². The van der Waals surface area contributed by atoms with Crippen molar-refractivity contribution < 1.29 is 4.79 Å². The lowest BCUT2D eigenvalue weighted by Gasteiger charge is -2.30. The number of hydrogen-bond acceptors (Lipinski definition) is 2. The van der Waals surface area contributed by atoms with Gasteiger partial charge in [0.05, 0.1) is 0 Å². The molecule has 0 aromatic heterocycles. The number of piperidine rings is 1. The first-order chi connectivity index (χ1) is 10.1. The lowest BCUT2D eigenvalue weighted by atomic mass is 9.93. The van der Waals surface area contributed by atoms with Crippen LogP contribution in [0.15, 0.2) is 24.3 Å². The molecule has 1 heterocycles. The Hall–Kier alpha value is -1.35. The third-order valence-electron chi connectivity index (χ3n) is 4.58. The topological polar surface area (TPSA) is 41.1 Å². The number of benzene rings is 1. The summed E-state index contributed by atoms with van der Waals surface area (Å²) in [5.74, 6) is 0.968. The molecular weight excluding hydrogens is 260 g/mol. The van der Waals surface area contributed by atoms with Gasteiger partial charge in [-0.1, -0.05) is 45.0 Å². The molecule has 3 unspecified atom stereocenters. The highest BCUT2D eigenvalue weighted by Gasteiger charge is 2.23. The number of rotatable bonds is 5. The van der Waals surface area contributed by atoms with Crippen LogP contribution >= 0.6 is 0 Å². The normalized spacial score (nSPS) is 23.6. The Morgan fingerprint density at radius 3 is 2.71 bits per heavy atom. The van der Waals surface area contributed by atoms with Crippen molar-refractivity contribution in [1.29, 1.82) is 0 Å². The van der Waals surface area contributed by atoms with E-state index in [0.29, 0.717) is 18.4 Å². The first kappa shape index (κ1) is 16.0. The average Bonchev–Trinajstić information content (AvgIpc) is 2.49. The summed E-state index contributed by atoms with van der Waals surface area (Å²) >= 11 is 0. The van der Waals surface area contributed by atoms with E-state index in [0.717, 1.165) is 25.9 Å². The molecule has 0 bridgehead atoms. The van der Waals surface area contributed by atoms with Crippen LogP contribution in [0.3, 0.4) is 0 Å². The van der Waals surface area contributed by atoms with Crippen LogP contribution in [0.5, 0.6) is 0 Å². The second kappa shape index (κ2) is 7.60. The fourth-order valence-electron chi connectivity index (χ4n) is 2.97. The molecule has 1 aliphatic rings. The van der Waals surface area contributed by atoms with E-state index in [-0.39, 0.29) is 11.8 Å². The standard InChI is InChI=1S/C18H28N2O/c1-4-15-5-7-16(8-6-15)13(2)11-18(21)20-17-9-10-19-12-14(17)3/h5-8,13-14,17,19H,4,9-12H2,1-3H3,(H,20,21). The van der Waals surface area contributed by atoms with Gasteiger partial charge in [-0.15, -0.1) is 0 Å². The number of carbonyl (C=O) groups is 1. The van der Waals surface area contributed by atoms with Crippen LogP contribution in [-0.4, -0.2) is 25.0 Å². The summed E-state index contributed by atoms with van der Waals surface area (Å²) in [5.41, 5.74) is 2.60. The maximum atomic E-state index is 12.2. The van der Waals surface area contributed by atoms with Gasteiger partial charge in [-0.2, -0.15) is 0 Å². The van der Waals surface area contributed by atoms with Crippen LogP contribution < -0.4 is 10.6 Å². The fraction of sp³-hybridized carbons (Fsp3) is 0.611. The zero-order valence-corrected chi connectivity index (χ0v) is 13.5. The van der Waals surface area contributed by atoms with Gasteiger partial charge in [-0.05, 0) is 48.9 Å². The highest BCUT2D eigenvalue weighted by Crippen LogP contribution is 2.20. The van der Waals surface area contributed by atoms with E-state index in [1.807, 2.05) is 0 Å². The SMILES string of the molecule is CCc1ccc(C(C)CC(=O)NC2CCNCC2C)cc1. The first-order valence-corrected chi connectivity index (χ1v) is 8.19. The van der Waals surface area contributed by atoms with Gasteiger partial charge in [0.25, 0.3) is 0 Å². The molecule has 1 aliphatic heterocycles. The average molecular weight is 288 g/mol. The molecule has 1 fully saturated rings. The van der Waals surface area contributed by atoms with Crippen molar-refractivity contribution in [1.82, 2.24) is 10.6 Å². The molecule has 1 aromatic rings. The highest BCUT2D eigenvalue weighted by molar-refractivity contribution is 5.77. The molecule has 0 aliphatic carbocycles. The first-order valence-electron chi connectivity index (χ1n) is 8.19. The van der Waals surface area contributed by atoms with Gasteiger partial charge in [0.2, 0.25) is 5.91 Å². The van der Waals surface area contributed by atoms with Crippen molar-refractivity contribution in [3.63, 3.8) is 0 Å². The maximum absolute atomic E-state index is 12.2. The number of hydrogen-bond donors (Lipinski definition) is 2. The molecule has 1 amide bonds. The van der Waals surface area contributed by atoms with Crippen LogP contribution in [0, 0.1) is 5.92 Å². The molecule has 0 spiro atoms.